The first kappa shape index (κ1) is 22.6. The molecule has 7 nitrogen and oxygen atoms in total. The summed E-state index contributed by atoms with van der Waals surface area (Å²) in [4.78, 5) is 32.2. The molecule has 1 aromatic rings. The fourth-order valence-electron chi connectivity index (χ4n) is 1.38. The molecule has 1 aromatic carbocycles. The topological polar surface area (TPSA) is 99.1 Å². The third kappa shape index (κ3) is 9.71. The lowest BCUT2D eigenvalue weighted by atomic mass is 10.3. The number of phenols is 1. The van der Waals surface area contributed by atoms with Crippen LogP contribution in [-0.2, 0) is 23.9 Å². The minimum absolute atomic E-state index is 0.0426. The number of aromatic hydroxyl groups is 1. The molecule has 1 rings (SSSR count). The SMILES string of the molecule is C=CC(=O)OCC(CC)OC(=O)C=C.C=CC(=O)Oc1ccccc1O. The molecule has 1 unspecified atom stereocenters. The van der Waals surface area contributed by atoms with Crippen molar-refractivity contribution in [3.05, 3.63) is 62.2 Å². The molecule has 26 heavy (non-hydrogen) atoms. The summed E-state index contributed by atoms with van der Waals surface area (Å²) in [6.45, 7) is 11.6. The van der Waals surface area contributed by atoms with Gasteiger partial charge in [-0.3, -0.25) is 0 Å². The molecule has 7 heteroatoms. The number of benzene rings is 1. The van der Waals surface area contributed by atoms with Gasteiger partial charge >= 0.3 is 17.9 Å². The lowest BCUT2D eigenvalue weighted by Crippen LogP contribution is -2.23. The van der Waals surface area contributed by atoms with E-state index in [4.69, 9.17) is 14.6 Å². The largest absolute Gasteiger partial charge is 0.504 e. The Kier molecular flexibility index (Phi) is 11.3. The number of esters is 3. The summed E-state index contributed by atoms with van der Waals surface area (Å²) in [5, 5.41) is 9.14. The summed E-state index contributed by atoms with van der Waals surface area (Å²) >= 11 is 0. The lowest BCUT2D eigenvalue weighted by Gasteiger charge is -2.14. The highest BCUT2D eigenvalue weighted by Gasteiger charge is 2.12. The molecule has 0 radical (unpaired) electrons. The van der Waals surface area contributed by atoms with Crippen LogP contribution in [0.5, 0.6) is 11.5 Å². The zero-order valence-corrected chi connectivity index (χ0v) is 14.6. The van der Waals surface area contributed by atoms with Gasteiger partial charge in [-0.05, 0) is 18.6 Å². The van der Waals surface area contributed by atoms with Gasteiger partial charge in [0.1, 0.15) is 12.7 Å². The Balaban J connectivity index is 0.000000485. The Morgan fingerprint density at radius 1 is 1.04 bits per heavy atom. The van der Waals surface area contributed by atoms with Crippen LogP contribution >= 0.6 is 0 Å². The monoisotopic (exact) mass is 362 g/mol. The van der Waals surface area contributed by atoms with Gasteiger partial charge in [-0.1, -0.05) is 38.8 Å². The summed E-state index contributed by atoms with van der Waals surface area (Å²) in [7, 11) is 0. The minimum atomic E-state index is -0.587. The molecular weight excluding hydrogens is 340 g/mol. The van der Waals surface area contributed by atoms with E-state index in [1.165, 1.54) is 12.1 Å². The number of hydrogen-bond donors (Lipinski definition) is 1. The summed E-state index contributed by atoms with van der Waals surface area (Å²) in [5.74, 6) is -1.56. The zero-order valence-electron chi connectivity index (χ0n) is 14.6. The summed E-state index contributed by atoms with van der Waals surface area (Å²) in [6, 6.07) is 6.23. The van der Waals surface area contributed by atoms with Gasteiger partial charge in [0.25, 0.3) is 0 Å². The Hall–Kier alpha value is -3.35. The second kappa shape index (κ2) is 13.0. The molecule has 0 fully saturated rings. The number of rotatable bonds is 8. The van der Waals surface area contributed by atoms with Crippen molar-refractivity contribution in [1.29, 1.82) is 0 Å². The molecule has 0 aliphatic rings. The van der Waals surface area contributed by atoms with Crippen molar-refractivity contribution in [2.24, 2.45) is 0 Å². The first-order valence-electron chi connectivity index (χ1n) is 7.62. The predicted molar refractivity (Wildman–Crippen MR) is 95.5 cm³/mol. The second-order valence-corrected chi connectivity index (χ2v) is 4.60. The molecule has 0 heterocycles. The number of hydrogen-bond acceptors (Lipinski definition) is 7. The fraction of sp³-hybridized carbons (Fsp3) is 0.211. The third-order valence-electron chi connectivity index (χ3n) is 2.73. The highest BCUT2D eigenvalue weighted by Crippen LogP contribution is 2.24. The first-order chi connectivity index (χ1) is 12.4. The molecule has 0 aliphatic carbocycles. The van der Waals surface area contributed by atoms with Crippen molar-refractivity contribution >= 4 is 17.9 Å². The van der Waals surface area contributed by atoms with Crippen LogP contribution in [0.15, 0.2) is 62.2 Å². The highest BCUT2D eigenvalue weighted by atomic mass is 16.6. The van der Waals surface area contributed by atoms with Crippen LogP contribution in [0.4, 0.5) is 0 Å². The van der Waals surface area contributed by atoms with Crippen molar-refractivity contribution < 1.29 is 33.7 Å². The van der Waals surface area contributed by atoms with E-state index in [0.717, 1.165) is 18.2 Å². The van der Waals surface area contributed by atoms with E-state index in [1.807, 2.05) is 6.92 Å². The number of ether oxygens (including phenoxy) is 3. The Bertz CT molecular complexity index is 649. The van der Waals surface area contributed by atoms with Crippen LogP contribution in [0.25, 0.3) is 0 Å². The maximum atomic E-state index is 10.8. The molecule has 140 valence electrons. The van der Waals surface area contributed by atoms with Gasteiger partial charge in [0, 0.05) is 18.2 Å². The normalized spacial score (nSPS) is 10.2. The molecular formula is C19H22O7. The van der Waals surface area contributed by atoms with E-state index < -0.39 is 24.0 Å². The predicted octanol–water partition coefficient (Wildman–Crippen LogP) is 2.71. The maximum Gasteiger partial charge on any atom is 0.335 e. The fourth-order valence-corrected chi connectivity index (χ4v) is 1.38. The van der Waals surface area contributed by atoms with Crippen molar-refractivity contribution in [3.8, 4) is 11.5 Å². The minimum Gasteiger partial charge on any atom is -0.504 e. The number of carbonyl (C=O) groups excluding carboxylic acids is 3. The average molecular weight is 362 g/mol. The third-order valence-corrected chi connectivity index (χ3v) is 2.73. The second-order valence-electron chi connectivity index (χ2n) is 4.60. The van der Waals surface area contributed by atoms with Gasteiger partial charge in [0.05, 0.1) is 0 Å². The van der Waals surface area contributed by atoms with Crippen molar-refractivity contribution in [2.45, 2.75) is 19.4 Å². The molecule has 0 spiro atoms. The van der Waals surface area contributed by atoms with Crippen LogP contribution in [0.2, 0.25) is 0 Å². The van der Waals surface area contributed by atoms with Crippen molar-refractivity contribution in [3.63, 3.8) is 0 Å². The summed E-state index contributed by atoms with van der Waals surface area (Å²) < 4.78 is 14.3. The molecule has 0 saturated carbocycles. The van der Waals surface area contributed by atoms with E-state index in [2.05, 4.69) is 24.5 Å². The summed E-state index contributed by atoms with van der Waals surface area (Å²) in [5.41, 5.74) is 0. The summed E-state index contributed by atoms with van der Waals surface area (Å²) in [6.07, 6.45) is 3.31. The van der Waals surface area contributed by atoms with Gasteiger partial charge in [-0.15, -0.1) is 0 Å². The van der Waals surface area contributed by atoms with Crippen molar-refractivity contribution in [1.82, 2.24) is 0 Å². The van der Waals surface area contributed by atoms with Crippen molar-refractivity contribution in [2.75, 3.05) is 6.61 Å². The standard InChI is InChI=1S/C10H14O4.C9H8O3/c1-4-8(14-10(12)6-3)7-13-9(11)5-2;1-2-9(11)12-8-6-4-3-5-7(8)10/h5-6,8H,2-4,7H2,1H3;2-6,10H,1H2. The number of phenolic OH excluding ortho intramolecular Hbond substituents is 1. The van der Waals surface area contributed by atoms with E-state index >= 15 is 0 Å². The van der Waals surface area contributed by atoms with Crippen LogP contribution in [-0.4, -0.2) is 35.7 Å². The molecule has 0 aromatic heterocycles. The van der Waals surface area contributed by atoms with E-state index in [1.54, 1.807) is 12.1 Å². The number of carbonyl (C=O) groups is 3. The van der Waals surface area contributed by atoms with Gasteiger partial charge in [-0.2, -0.15) is 0 Å². The van der Waals surface area contributed by atoms with Crippen LogP contribution < -0.4 is 4.74 Å². The van der Waals surface area contributed by atoms with Crippen LogP contribution in [0.3, 0.4) is 0 Å². The van der Waals surface area contributed by atoms with Crippen LogP contribution in [0.1, 0.15) is 13.3 Å². The lowest BCUT2D eigenvalue weighted by molar-refractivity contribution is -0.152. The Morgan fingerprint density at radius 3 is 2.12 bits per heavy atom. The quantitative estimate of drug-likeness (QED) is 0.431. The molecule has 0 aliphatic heterocycles. The van der Waals surface area contributed by atoms with Crippen LogP contribution in [0, 0.1) is 0 Å². The first-order valence-corrected chi connectivity index (χ1v) is 7.62. The molecule has 0 saturated heterocycles. The molecule has 1 atom stereocenters. The van der Waals surface area contributed by atoms with E-state index in [-0.39, 0.29) is 18.1 Å². The van der Waals surface area contributed by atoms with E-state index in [0.29, 0.717) is 6.42 Å². The molecule has 0 amide bonds. The van der Waals surface area contributed by atoms with Gasteiger partial charge in [0.2, 0.25) is 0 Å². The molecule has 0 bridgehead atoms. The Labute approximate surface area is 152 Å². The maximum absolute atomic E-state index is 10.8. The highest BCUT2D eigenvalue weighted by molar-refractivity contribution is 5.83. The smallest absolute Gasteiger partial charge is 0.335 e. The Morgan fingerprint density at radius 2 is 1.62 bits per heavy atom. The number of para-hydroxylation sites is 2. The van der Waals surface area contributed by atoms with Gasteiger partial charge in [-0.25, -0.2) is 14.4 Å². The molecule has 1 N–H and O–H groups in total. The van der Waals surface area contributed by atoms with E-state index in [9.17, 15) is 14.4 Å². The van der Waals surface area contributed by atoms with Gasteiger partial charge < -0.3 is 19.3 Å². The average Bonchev–Trinajstić information content (AvgIpc) is 2.66. The zero-order chi connectivity index (χ0) is 19.9. The van der Waals surface area contributed by atoms with Gasteiger partial charge in [0.15, 0.2) is 11.5 Å².